The topological polar surface area (TPSA) is 9.23 Å². The minimum atomic E-state index is -4.64. The van der Waals surface area contributed by atoms with E-state index in [9.17, 15) is 13.2 Å². The molecule has 0 amide bonds. The molecule has 0 bridgehead atoms. The van der Waals surface area contributed by atoms with Crippen LogP contribution in [0.5, 0.6) is 5.75 Å². The lowest BCUT2D eigenvalue weighted by Gasteiger charge is -2.39. The summed E-state index contributed by atoms with van der Waals surface area (Å²) in [6.07, 6.45) is 7.71. The van der Waals surface area contributed by atoms with Gasteiger partial charge in [0, 0.05) is 0 Å². The first kappa shape index (κ1) is 25.1. The van der Waals surface area contributed by atoms with E-state index in [0.717, 1.165) is 30.2 Å². The lowest BCUT2D eigenvalue weighted by atomic mass is 9.82. The third-order valence-electron chi connectivity index (χ3n) is 8.14. The van der Waals surface area contributed by atoms with Gasteiger partial charge < -0.3 is 4.74 Å². The highest BCUT2D eigenvalue weighted by Crippen LogP contribution is 2.40. The number of alkyl halides is 3. The van der Waals surface area contributed by atoms with Crippen LogP contribution in [-0.2, 0) is 0 Å². The van der Waals surface area contributed by atoms with Gasteiger partial charge in [-0.2, -0.15) is 0 Å². The standard InChI is InChI=1S/C29H37F3OSi/c1-2-20-34(28-6-4-3-5-7-28)21-18-24(19-22-34)9-8-23-10-12-25(13-11-23)26-14-16-27(17-15-26)33-29(30,31)32/h3-7,12,14-17,23-24H,2,8-11,13,18-22H2,1H3. The molecule has 2 aliphatic rings. The summed E-state index contributed by atoms with van der Waals surface area (Å²) in [4.78, 5) is 0. The predicted molar refractivity (Wildman–Crippen MR) is 137 cm³/mol. The molecular weight excluding hydrogens is 449 g/mol. The molecule has 5 heteroatoms. The number of hydrogen-bond donors (Lipinski definition) is 0. The summed E-state index contributed by atoms with van der Waals surface area (Å²) in [7, 11) is -1.31. The highest BCUT2D eigenvalue weighted by molar-refractivity contribution is 6.92. The number of hydrogen-bond acceptors (Lipinski definition) is 1. The van der Waals surface area contributed by atoms with Crippen LogP contribution in [0.3, 0.4) is 0 Å². The van der Waals surface area contributed by atoms with Crippen molar-refractivity contribution >= 4 is 18.8 Å². The molecule has 1 heterocycles. The molecule has 1 fully saturated rings. The number of ether oxygens (including phenoxy) is 1. The third kappa shape index (κ3) is 6.56. The van der Waals surface area contributed by atoms with Crippen LogP contribution in [0.25, 0.3) is 5.57 Å². The molecule has 0 N–H and O–H groups in total. The fourth-order valence-electron chi connectivity index (χ4n) is 6.23. The van der Waals surface area contributed by atoms with Crippen LogP contribution in [0.2, 0.25) is 18.1 Å². The molecule has 1 aliphatic carbocycles. The number of benzene rings is 2. The zero-order valence-electron chi connectivity index (χ0n) is 20.2. The van der Waals surface area contributed by atoms with Crippen LogP contribution < -0.4 is 9.92 Å². The molecule has 1 unspecified atom stereocenters. The Morgan fingerprint density at radius 2 is 1.56 bits per heavy atom. The predicted octanol–water partition coefficient (Wildman–Crippen LogP) is 8.72. The van der Waals surface area contributed by atoms with Crippen molar-refractivity contribution in [2.75, 3.05) is 0 Å². The summed E-state index contributed by atoms with van der Waals surface area (Å²) in [6, 6.07) is 22.0. The average molecular weight is 487 g/mol. The van der Waals surface area contributed by atoms with Crippen molar-refractivity contribution in [1.82, 2.24) is 0 Å². The van der Waals surface area contributed by atoms with Gasteiger partial charge in [-0.25, -0.2) is 0 Å². The van der Waals surface area contributed by atoms with Gasteiger partial charge in [0.2, 0.25) is 0 Å². The summed E-state index contributed by atoms with van der Waals surface area (Å²) in [5.74, 6) is 1.47. The molecule has 1 saturated heterocycles. The maximum absolute atomic E-state index is 12.4. The largest absolute Gasteiger partial charge is 0.573 e. The lowest BCUT2D eigenvalue weighted by Crippen LogP contribution is -2.49. The Bertz CT molecular complexity index is 928. The molecule has 184 valence electrons. The monoisotopic (exact) mass is 486 g/mol. The Labute approximate surface area is 203 Å². The van der Waals surface area contributed by atoms with E-state index in [1.54, 1.807) is 17.3 Å². The van der Waals surface area contributed by atoms with Crippen molar-refractivity contribution in [2.24, 2.45) is 11.8 Å². The third-order valence-corrected chi connectivity index (χ3v) is 13.6. The zero-order valence-corrected chi connectivity index (χ0v) is 21.2. The average Bonchev–Trinajstić information content (AvgIpc) is 2.84. The second kappa shape index (κ2) is 11.2. The van der Waals surface area contributed by atoms with Crippen molar-refractivity contribution in [1.29, 1.82) is 0 Å². The van der Waals surface area contributed by atoms with Crippen LogP contribution in [0.1, 0.15) is 63.9 Å². The summed E-state index contributed by atoms with van der Waals surface area (Å²) in [6.45, 7) is 2.35. The Kier molecular flexibility index (Phi) is 8.23. The quantitative estimate of drug-likeness (QED) is 0.339. The van der Waals surface area contributed by atoms with E-state index in [2.05, 4.69) is 48.1 Å². The lowest BCUT2D eigenvalue weighted by molar-refractivity contribution is -0.274. The Morgan fingerprint density at radius 1 is 0.882 bits per heavy atom. The molecule has 1 nitrogen and oxygen atoms in total. The van der Waals surface area contributed by atoms with Crippen LogP contribution >= 0.6 is 0 Å². The Balaban J connectivity index is 1.25. The molecule has 2 aromatic carbocycles. The van der Waals surface area contributed by atoms with E-state index in [1.807, 2.05) is 0 Å². The summed E-state index contributed by atoms with van der Waals surface area (Å²) in [5, 5.41) is 1.68. The van der Waals surface area contributed by atoms with Crippen molar-refractivity contribution < 1.29 is 17.9 Å². The van der Waals surface area contributed by atoms with Gasteiger partial charge >= 0.3 is 6.36 Å². The van der Waals surface area contributed by atoms with E-state index in [4.69, 9.17) is 0 Å². The summed E-state index contributed by atoms with van der Waals surface area (Å²) >= 11 is 0. The van der Waals surface area contributed by atoms with Gasteiger partial charge in [0.15, 0.2) is 0 Å². The number of halogens is 3. The second-order valence-corrected chi connectivity index (χ2v) is 15.0. The van der Waals surface area contributed by atoms with Gasteiger partial charge in [-0.15, -0.1) is 13.2 Å². The molecule has 0 aromatic heterocycles. The van der Waals surface area contributed by atoms with Gasteiger partial charge in [0.05, 0.1) is 8.07 Å². The Hall–Kier alpha value is -2.01. The molecule has 4 rings (SSSR count). The SMILES string of the molecule is CCC[Si]1(c2ccccc2)CCC(CCC2CC=C(c3ccc(OC(F)(F)F)cc3)CC2)CC1. The number of allylic oxidation sites excluding steroid dienone is 2. The molecule has 0 radical (unpaired) electrons. The van der Waals surface area contributed by atoms with Crippen LogP contribution in [-0.4, -0.2) is 14.4 Å². The van der Waals surface area contributed by atoms with Gasteiger partial charge in [-0.05, 0) is 60.8 Å². The molecule has 0 saturated carbocycles. The molecule has 34 heavy (non-hydrogen) atoms. The summed E-state index contributed by atoms with van der Waals surface area (Å²) in [5.41, 5.74) is 2.27. The van der Waals surface area contributed by atoms with Crippen molar-refractivity contribution in [3.8, 4) is 5.75 Å². The fourth-order valence-corrected chi connectivity index (χ4v) is 11.6. The van der Waals surface area contributed by atoms with Gasteiger partial charge in [0.25, 0.3) is 0 Å². The molecule has 0 spiro atoms. The van der Waals surface area contributed by atoms with Gasteiger partial charge in [0.1, 0.15) is 5.75 Å². The minimum Gasteiger partial charge on any atom is -0.406 e. The first-order valence-electron chi connectivity index (χ1n) is 13.0. The maximum atomic E-state index is 12.4. The smallest absolute Gasteiger partial charge is 0.406 e. The van der Waals surface area contributed by atoms with Crippen molar-refractivity contribution in [2.45, 2.75) is 82.8 Å². The highest BCUT2D eigenvalue weighted by atomic mass is 28.3. The van der Waals surface area contributed by atoms with Crippen LogP contribution in [0.4, 0.5) is 13.2 Å². The molecule has 1 aliphatic heterocycles. The second-order valence-electron chi connectivity index (χ2n) is 10.4. The fraction of sp³-hybridized carbons (Fsp3) is 0.517. The van der Waals surface area contributed by atoms with Crippen molar-refractivity contribution in [3.63, 3.8) is 0 Å². The highest BCUT2D eigenvalue weighted by Gasteiger charge is 2.38. The molecule has 1 atom stereocenters. The summed E-state index contributed by atoms with van der Waals surface area (Å²) < 4.78 is 41.1. The van der Waals surface area contributed by atoms with E-state index in [1.165, 1.54) is 74.4 Å². The van der Waals surface area contributed by atoms with E-state index in [-0.39, 0.29) is 5.75 Å². The van der Waals surface area contributed by atoms with Crippen LogP contribution in [0.15, 0.2) is 60.7 Å². The van der Waals surface area contributed by atoms with Gasteiger partial charge in [-0.3, -0.25) is 0 Å². The zero-order chi connectivity index (χ0) is 24.0. The van der Waals surface area contributed by atoms with E-state index >= 15 is 0 Å². The minimum absolute atomic E-state index is 0.156. The van der Waals surface area contributed by atoms with E-state index in [0.29, 0.717) is 0 Å². The number of rotatable bonds is 8. The van der Waals surface area contributed by atoms with Crippen molar-refractivity contribution in [3.05, 3.63) is 66.2 Å². The maximum Gasteiger partial charge on any atom is 0.573 e. The molecular formula is C29H37F3OSi. The van der Waals surface area contributed by atoms with Gasteiger partial charge in [-0.1, -0.05) is 104 Å². The first-order chi connectivity index (χ1) is 16.4. The Morgan fingerprint density at radius 3 is 2.15 bits per heavy atom. The van der Waals surface area contributed by atoms with E-state index < -0.39 is 14.4 Å². The van der Waals surface area contributed by atoms with Crippen LogP contribution in [0, 0.1) is 11.8 Å². The molecule has 2 aromatic rings. The normalized spacial score (nSPS) is 25.6. The first-order valence-corrected chi connectivity index (χ1v) is 15.6.